The molecule has 5 rings (SSSR count). The largest absolute Gasteiger partial charge is 0.354 e. The van der Waals surface area contributed by atoms with Crippen LogP contribution in [0.5, 0.6) is 0 Å². The van der Waals surface area contributed by atoms with Crippen molar-refractivity contribution in [3.8, 4) is 0 Å². The Bertz CT molecular complexity index is 1200. The molecule has 2 aliphatic rings. The summed E-state index contributed by atoms with van der Waals surface area (Å²) in [5.74, 6) is -0.170. The SMILES string of the molecule is Cn1c2ccccc2c2cnn(CC(=O)NCCCN3CCC(N4CCCCC4)CC3)c(=O)c21. The molecular weight excluding hydrogens is 428 g/mol. The van der Waals surface area contributed by atoms with Crippen molar-refractivity contribution in [2.45, 2.75) is 51.1 Å². The van der Waals surface area contributed by atoms with E-state index in [4.69, 9.17) is 0 Å². The lowest BCUT2D eigenvalue weighted by Crippen LogP contribution is -2.47. The van der Waals surface area contributed by atoms with Gasteiger partial charge < -0.3 is 19.7 Å². The summed E-state index contributed by atoms with van der Waals surface area (Å²) in [6.45, 7) is 6.43. The molecule has 0 atom stereocenters. The predicted octanol–water partition coefficient (Wildman–Crippen LogP) is 2.34. The van der Waals surface area contributed by atoms with Crippen molar-refractivity contribution in [3.05, 3.63) is 40.8 Å². The smallest absolute Gasteiger partial charge is 0.291 e. The van der Waals surface area contributed by atoms with Crippen LogP contribution in [0.15, 0.2) is 35.3 Å². The Kier molecular flexibility index (Phi) is 6.97. The second kappa shape index (κ2) is 10.3. The maximum atomic E-state index is 13.0. The van der Waals surface area contributed by atoms with Crippen LogP contribution in [0.3, 0.4) is 0 Å². The van der Waals surface area contributed by atoms with Gasteiger partial charge in [-0.15, -0.1) is 0 Å². The number of piperidine rings is 2. The first-order valence-corrected chi connectivity index (χ1v) is 12.8. The van der Waals surface area contributed by atoms with Gasteiger partial charge in [0.15, 0.2) is 0 Å². The topological polar surface area (TPSA) is 75.4 Å². The molecule has 0 radical (unpaired) electrons. The van der Waals surface area contributed by atoms with E-state index in [2.05, 4.69) is 20.2 Å². The van der Waals surface area contributed by atoms with Crippen molar-refractivity contribution >= 4 is 27.7 Å². The molecule has 0 spiro atoms. The average Bonchev–Trinajstić information content (AvgIpc) is 3.17. The lowest BCUT2D eigenvalue weighted by Gasteiger charge is -2.40. The fourth-order valence-corrected chi connectivity index (χ4v) is 5.74. The third-order valence-corrected chi connectivity index (χ3v) is 7.64. The minimum Gasteiger partial charge on any atom is -0.354 e. The molecule has 4 heterocycles. The number of amides is 1. The van der Waals surface area contributed by atoms with E-state index in [1.807, 2.05) is 35.9 Å². The third kappa shape index (κ3) is 4.74. The van der Waals surface area contributed by atoms with Crippen LogP contribution in [0.1, 0.15) is 38.5 Å². The minimum absolute atomic E-state index is 0.0580. The number of hydrogen-bond acceptors (Lipinski definition) is 5. The van der Waals surface area contributed by atoms with Gasteiger partial charge in [-0.3, -0.25) is 9.59 Å². The first-order valence-electron chi connectivity index (χ1n) is 12.8. The van der Waals surface area contributed by atoms with Crippen LogP contribution in [0.25, 0.3) is 21.8 Å². The van der Waals surface area contributed by atoms with Crippen molar-refractivity contribution in [3.63, 3.8) is 0 Å². The number of rotatable bonds is 7. The number of fused-ring (bicyclic) bond motifs is 3. The quantitative estimate of drug-likeness (QED) is 0.544. The molecule has 0 aliphatic carbocycles. The third-order valence-electron chi connectivity index (χ3n) is 7.64. The van der Waals surface area contributed by atoms with Crippen molar-refractivity contribution in [2.24, 2.45) is 7.05 Å². The zero-order valence-corrected chi connectivity index (χ0v) is 20.2. The van der Waals surface area contributed by atoms with Gasteiger partial charge in [-0.25, -0.2) is 4.68 Å². The first-order chi connectivity index (χ1) is 16.6. The highest BCUT2D eigenvalue weighted by atomic mass is 16.2. The number of carbonyl (C=O) groups excluding carboxylic acids is 1. The summed E-state index contributed by atoms with van der Waals surface area (Å²) in [5.41, 5.74) is 1.33. The Morgan fingerprint density at radius 1 is 1.06 bits per heavy atom. The molecule has 0 bridgehead atoms. The van der Waals surface area contributed by atoms with Gasteiger partial charge in [-0.1, -0.05) is 24.6 Å². The van der Waals surface area contributed by atoms with Crippen molar-refractivity contribution in [2.75, 3.05) is 39.3 Å². The molecule has 2 aliphatic heterocycles. The molecule has 2 saturated heterocycles. The summed E-state index contributed by atoms with van der Waals surface area (Å²) in [4.78, 5) is 30.7. The van der Waals surface area contributed by atoms with E-state index in [0.29, 0.717) is 12.1 Å². The van der Waals surface area contributed by atoms with E-state index in [-0.39, 0.29) is 18.0 Å². The highest BCUT2D eigenvalue weighted by Gasteiger charge is 2.25. The van der Waals surface area contributed by atoms with Crippen molar-refractivity contribution in [1.29, 1.82) is 0 Å². The number of aryl methyl sites for hydroxylation is 1. The van der Waals surface area contributed by atoms with Gasteiger partial charge in [0.2, 0.25) is 5.91 Å². The fraction of sp³-hybridized carbons (Fsp3) is 0.577. The minimum atomic E-state index is -0.233. The summed E-state index contributed by atoms with van der Waals surface area (Å²) in [7, 11) is 1.88. The van der Waals surface area contributed by atoms with Gasteiger partial charge in [-0.2, -0.15) is 5.10 Å². The number of benzene rings is 1. The average molecular weight is 465 g/mol. The molecule has 0 saturated carbocycles. The predicted molar refractivity (Wildman–Crippen MR) is 135 cm³/mol. The Morgan fingerprint density at radius 2 is 1.82 bits per heavy atom. The van der Waals surface area contributed by atoms with E-state index in [1.165, 1.54) is 49.9 Å². The van der Waals surface area contributed by atoms with Gasteiger partial charge in [-0.05, 0) is 70.9 Å². The Balaban J connectivity index is 1.09. The van der Waals surface area contributed by atoms with Crippen LogP contribution < -0.4 is 10.9 Å². The number of aromatic nitrogens is 3. The molecule has 8 heteroatoms. The van der Waals surface area contributed by atoms with Crippen LogP contribution in [0.4, 0.5) is 0 Å². The van der Waals surface area contributed by atoms with Crippen LogP contribution in [0.2, 0.25) is 0 Å². The van der Waals surface area contributed by atoms with E-state index in [9.17, 15) is 9.59 Å². The summed E-state index contributed by atoms with van der Waals surface area (Å²) >= 11 is 0. The van der Waals surface area contributed by atoms with Gasteiger partial charge in [0.25, 0.3) is 5.56 Å². The molecule has 34 heavy (non-hydrogen) atoms. The van der Waals surface area contributed by atoms with Crippen LogP contribution in [0, 0.1) is 0 Å². The second-order valence-corrected chi connectivity index (χ2v) is 9.82. The zero-order valence-electron chi connectivity index (χ0n) is 20.2. The number of likely N-dealkylation sites (tertiary alicyclic amines) is 2. The van der Waals surface area contributed by atoms with Gasteiger partial charge in [0.1, 0.15) is 12.1 Å². The molecule has 3 aromatic rings. The molecule has 2 fully saturated rings. The molecule has 1 amide bonds. The van der Waals surface area contributed by atoms with E-state index in [1.54, 1.807) is 6.20 Å². The maximum absolute atomic E-state index is 13.0. The molecule has 0 unspecified atom stereocenters. The Morgan fingerprint density at radius 3 is 2.62 bits per heavy atom. The Labute approximate surface area is 200 Å². The lowest BCUT2D eigenvalue weighted by atomic mass is 10.00. The number of nitrogens with one attached hydrogen (secondary N) is 1. The monoisotopic (exact) mass is 464 g/mol. The highest BCUT2D eigenvalue weighted by Crippen LogP contribution is 2.24. The standard InChI is InChI=1S/C26H36N6O2/c1-29-23-9-4-3-8-21(23)22-18-28-32(26(34)25(22)29)19-24(33)27-12-7-13-30-16-10-20(11-17-30)31-14-5-2-6-15-31/h3-4,8-9,18,20H,2,5-7,10-17,19H2,1H3,(H,27,33). The lowest BCUT2D eigenvalue weighted by molar-refractivity contribution is -0.121. The number of para-hydroxylation sites is 1. The van der Waals surface area contributed by atoms with Gasteiger partial charge in [0, 0.05) is 35.9 Å². The normalized spacial score (nSPS) is 18.6. The van der Waals surface area contributed by atoms with E-state index < -0.39 is 0 Å². The molecular formula is C26H36N6O2. The molecule has 1 aromatic carbocycles. The molecule has 1 N–H and O–H groups in total. The molecule has 182 valence electrons. The van der Waals surface area contributed by atoms with Crippen LogP contribution >= 0.6 is 0 Å². The Hall–Kier alpha value is -2.71. The molecule has 2 aromatic heterocycles. The van der Waals surface area contributed by atoms with Crippen molar-refractivity contribution in [1.82, 2.24) is 29.5 Å². The summed E-state index contributed by atoms with van der Waals surface area (Å²) in [6, 6.07) is 8.66. The molecule has 8 nitrogen and oxygen atoms in total. The van der Waals surface area contributed by atoms with E-state index in [0.717, 1.165) is 48.4 Å². The van der Waals surface area contributed by atoms with Crippen LogP contribution in [-0.2, 0) is 18.4 Å². The maximum Gasteiger partial charge on any atom is 0.291 e. The number of nitrogens with zero attached hydrogens (tertiary/aromatic N) is 5. The summed E-state index contributed by atoms with van der Waals surface area (Å²) < 4.78 is 3.15. The summed E-state index contributed by atoms with van der Waals surface area (Å²) in [5, 5.41) is 9.07. The number of carbonyl (C=O) groups is 1. The summed E-state index contributed by atoms with van der Waals surface area (Å²) in [6.07, 6.45) is 9.25. The van der Waals surface area contributed by atoms with E-state index >= 15 is 0 Å². The van der Waals surface area contributed by atoms with Crippen molar-refractivity contribution < 1.29 is 4.79 Å². The van der Waals surface area contributed by atoms with Crippen LogP contribution in [-0.4, -0.2) is 75.4 Å². The first kappa shape index (κ1) is 23.1. The van der Waals surface area contributed by atoms with Gasteiger partial charge in [0.05, 0.1) is 6.20 Å². The highest BCUT2D eigenvalue weighted by molar-refractivity contribution is 6.07. The van der Waals surface area contributed by atoms with Gasteiger partial charge >= 0.3 is 0 Å². The zero-order chi connectivity index (χ0) is 23.5. The number of hydrogen-bond donors (Lipinski definition) is 1. The second-order valence-electron chi connectivity index (χ2n) is 9.82. The fourth-order valence-electron chi connectivity index (χ4n) is 5.74.